The lowest BCUT2D eigenvalue weighted by Crippen LogP contribution is -2.32. The number of nitrogens with zero attached hydrogens (tertiary/aromatic N) is 1. The largest absolute Gasteiger partial charge is 0.492 e. The normalized spacial score (nSPS) is 17.1. The van der Waals surface area contributed by atoms with Crippen LogP contribution in [0.1, 0.15) is 36.4 Å². The van der Waals surface area contributed by atoms with E-state index in [0.717, 1.165) is 11.5 Å². The summed E-state index contributed by atoms with van der Waals surface area (Å²) in [5.74, 6) is 0.569. The van der Waals surface area contributed by atoms with Gasteiger partial charge >= 0.3 is 0 Å². The van der Waals surface area contributed by atoms with Crippen LogP contribution in [-0.2, 0) is 0 Å². The van der Waals surface area contributed by atoms with Gasteiger partial charge in [0.1, 0.15) is 5.00 Å². The molecule has 0 spiro atoms. The van der Waals surface area contributed by atoms with E-state index in [0.29, 0.717) is 22.4 Å². The van der Waals surface area contributed by atoms with Gasteiger partial charge in [-0.05, 0) is 32.9 Å². The van der Waals surface area contributed by atoms with Crippen molar-refractivity contribution < 1.29 is 9.53 Å². The number of methoxy groups -OCH3 is 1. The van der Waals surface area contributed by atoms with E-state index in [4.69, 9.17) is 10.5 Å². The van der Waals surface area contributed by atoms with E-state index in [1.165, 1.54) is 44.2 Å². The second-order valence-electron chi connectivity index (χ2n) is 5.32. The molecule has 1 aliphatic rings. The van der Waals surface area contributed by atoms with Gasteiger partial charge in [-0.25, -0.2) is 0 Å². The Labute approximate surface area is 124 Å². The molecule has 0 aliphatic carbocycles. The molecule has 2 heterocycles. The average Bonchev–Trinajstić information content (AvgIpc) is 2.97. The molecule has 0 saturated carbocycles. The maximum Gasteiger partial charge on any atom is 0.176 e. The summed E-state index contributed by atoms with van der Waals surface area (Å²) < 4.78 is 5.33. The maximum atomic E-state index is 11.6. The third-order valence-corrected chi connectivity index (χ3v) is 4.75. The number of nitrogens with one attached hydrogen (secondary N) is 1. The van der Waals surface area contributed by atoms with E-state index in [2.05, 4.69) is 17.1 Å². The molecule has 6 heteroatoms. The molecule has 3 N–H and O–H groups in total. The fraction of sp³-hybridized carbons (Fsp3) is 0.643. The van der Waals surface area contributed by atoms with Gasteiger partial charge in [-0.15, -0.1) is 11.3 Å². The van der Waals surface area contributed by atoms with Crippen molar-refractivity contribution in [2.24, 2.45) is 0 Å². The van der Waals surface area contributed by atoms with Crippen molar-refractivity contribution in [3.8, 4) is 5.75 Å². The van der Waals surface area contributed by atoms with E-state index in [9.17, 15) is 4.79 Å². The number of thiophene rings is 1. The van der Waals surface area contributed by atoms with Gasteiger partial charge in [-0.2, -0.15) is 0 Å². The quantitative estimate of drug-likeness (QED) is 0.789. The first-order chi connectivity index (χ1) is 9.52. The van der Waals surface area contributed by atoms with Gasteiger partial charge in [0.25, 0.3) is 0 Å². The molecule has 1 atom stereocenters. The Balaban J connectivity index is 2.07. The lowest BCUT2D eigenvalue weighted by Gasteiger charge is -2.21. The Kier molecular flexibility index (Phi) is 4.88. The summed E-state index contributed by atoms with van der Waals surface area (Å²) in [5, 5.41) is 4.27. The van der Waals surface area contributed by atoms with Crippen LogP contribution in [0.25, 0.3) is 0 Å². The minimum Gasteiger partial charge on any atom is -0.492 e. The highest BCUT2D eigenvalue weighted by molar-refractivity contribution is 7.19. The topological polar surface area (TPSA) is 67.6 Å². The Morgan fingerprint density at radius 1 is 1.50 bits per heavy atom. The second kappa shape index (κ2) is 6.45. The molecule has 0 radical (unpaired) electrons. The van der Waals surface area contributed by atoms with Gasteiger partial charge in [0, 0.05) is 19.5 Å². The third-order valence-electron chi connectivity index (χ3n) is 3.53. The third kappa shape index (κ3) is 3.24. The number of nitrogen functional groups attached to an aromatic ring is 1. The molecule has 0 bridgehead atoms. The first-order valence-corrected chi connectivity index (χ1v) is 7.80. The molecule has 0 amide bonds. The predicted octanol–water partition coefficient (Wildman–Crippen LogP) is 2.44. The van der Waals surface area contributed by atoms with Gasteiger partial charge in [0.2, 0.25) is 0 Å². The van der Waals surface area contributed by atoms with Crippen molar-refractivity contribution in [1.82, 2.24) is 4.90 Å². The van der Waals surface area contributed by atoms with Gasteiger partial charge in [0.05, 0.1) is 17.7 Å². The summed E-state index contributed by atoms with van der Waals surface area (Å²) >= 11 is 1.38. The van der Waals surface area contributed by atoms with Gasteiger partial charge in [-0.1, -0.05) is 0 Å². The molecule has 1 aromatic rings. The highest BCUT2D eigenvalue weighted by Crippen LogP contribution is 2.42. The minimum atomic E-state index is -0.0222. The van der Waals surface area contributed by atoms with Gasteiger partial charge < -0.3 is 20.7 Å². The number of nitrogens with two attached hydrogens (primary N) is 1. The van der Waals surface area contributed by atoms with Crippen molar-refractivity contribution >= 4 is 27.8 Å². The average molecular weight is 297 g/mol. The van der Waals surface area contributed by atoms with E-state index in [-0.39, 0.29) is 5.78 Å². The predicted molar refractivity (Wildman–Crippen MR) is 84.0 cm³/mol. The van der Waals surface area contributed by atoms with Crippen LogP contribution in [-0.4, -0.2) is 43.5 Å². The van der Waals surface area contributed by atoms with Crippen molar-refractivity contribution in [3.05, 3.63) is 4.88 Å². The van der Waals surface area contributed by atoms with E-state index in [1.807, 2.05) is 0 Å². The molecular formula is C14H23N3O2S. The SMILES string of the molecule is COc1c(NC(C)CN2CCCC2)sc(C(C)=O)c1N. The number of hydrogen-bond acceptors (Lipinski definition) is 6. The van der Waals surface area contributed by atoms with Gasteiger partial charge in [-0.3, -0.25) is 4.79 Å². The summed E-state index contributed by atoms with van der Waals surface area (Å²) in [6.07, 6.45) is 2.58. The van der Waals surface area contributed by atoms with Crippen molar-refractivity contribution in [2.45, 2.75) is 32.7 Å². The van der Waals surface area contributed by atoms with Crippen LogP contribution in [0.3, 0.4) is 0 Å². The van der Waals surface area contributed by atoms with Crippen molar-refractivity contribution in [2.75, 3.05) is 37.8 Å². The molecule has 5 nitrogen and oxygen atoms in total. The monoisotopic (exact) mass is 297 g/mol. The first kappa shape index (κ1) is 15.1. The van der Waals surface area contributed by atoms with Crippen LogP contribution in [0.4, 0.5) is 10.7 Å². The number of anilines is 2. The highest BCUT2D eigenvalue weighted by atomic mass is 32.1. The Bertz CT molecular complexity index is 481. The van der Waals surface area contributed by atoms with E-state index in [1.54, 1.807) is 7.11 Å². The highest BCUT2D eigenvalue weighted by Gasteiger charge is 2.21. The van der Waals surface area contributed by atoms with Crippen LogP contribution < -0.4 is 15.8 Å². The first-order valence-electron chi connectivity index (χ1n) is 6.99. The maximum absolute atomic E-state index is 11.6. The zero-order valence-electron chi connectivity index (χ0n) is 12.4. The fourth-order valence-corrected chi connectivity index (χ4v) is 3.71. The Morgan fingerprint density at radius 2 is 2.15 bits per heavy atom. The lowest BCUT2D eigenvalue weighted by atomic mass is 10.3. The molecular weight excluding hydrogens is 274 g/mol. The number of carbonyl (C=O) groups excluding carboxylic acids is 1. The number of rotatable bonds is 6. The number of carbonyl (C=O) groups is 1. The molecule has 20 heavy (non-hydrogen) atoms. The van der Waals surface area contributed by atoms with E-state index >= 15 is 0 Å². The molecule has 1 unspecified atom stereocenters. The summed E-state index contributed by atoms with van der Waals surface area (Å²) in [4.78, 5) is 14.6. The van der Waals surface area contributed by atoms with Crippen LogP contribution >= 0.6 is 11.3 Å². The standard InChI is InChI=1S/C14H23N3O2S/c1-9(8-17-6-4-5-7-17)16-14-12(19-3)11(15)13(20-14)10(2)18/h9,16H,4-8,15H2,1-3H3. The van der Waals surface area contributed by atoms with E-state index < -0.39 is 0 Å². The zero-order chi connectivity index (χ0) is 14.7. The molecule has 1 aromatic heterocycles. The molecule has 1 aliphatic heterocycles. The number of Topliss-reactive ketones (excluding diaryl/α,β-unsaturated/α-hetero) is 1. The fourth-order valence-electron chi connectivity index (χ4n) is 2.61. The second-order valence-corrected chi connectivity index (χ2v) is 6.34. The summed E-state index contributed by atoms with van der Waals surface area (Å²) in [7, 11) is 1.58. The molecule has 1 saturated heterocycles. The number of hydrogen-bond donors (Lipinski definition) is 2. The lowest BCUT2D eigenvalue weighted by molar-refractivity contribution is 0.102. The van der Waals surface area contributed by atoms with Crippen LogP contribution in [0.5, 0.6) is 5.75 Å². The molecule has 1 fully saturated rings. The number of likely N-dealkylation sites (tertiary alicyclic amines) is 1. The number of ether oxygens (including phenoxy) is 1. The molecule has 2 rings (SSSR count). The smallest absolute Gasteiger partial charge is 0.176 e. The summed E-state index contributed by atoms with van der Waals surface area (Å²) in [5.41, 5.74) is 6.41. The Hall–Kier alpha value is -1.27. The van der Waals surface area contributed by atoms with Crippen molar-refractivity contribution in [1.29, 1.82) is 0 Å². The molecule has 112 valence electrons. The van der Waals surface area contributed by atoms with Gasteiger partial charge in [0.15, 0.2) is 11.5 Å². The van der Waals surface area contributed by atoms with Crippen LogP contribution in [0.2, 0.25) is 0 Å². The number of ketones is 1. The summed E-state index contributed by atoms with van der Waals surface area (Å²) in [6.45, 7) is 7.01. The summed E-state index contributed by atoms with van der Waals surface area (Å²) in [6, 6.07) is 0.292. The van der Waals surface area contributed by atoms with Crippen LogP contribution in [0.15, 0.2) is 0 Å². The minimum absolute atomic E-state index is 0.0222. The van der Waals surface area contributed by atoms with Crippen molar-refractivity contribution in [3.63, 3.8) is 0 Å². The zero-order valence-corrected chi connectivity index (χ0v) is 13.2. The Morgan fingerprint density at radius 3 is 2.70 bits per heavy atom. The molecule has 0 aromatic carbocycles. The van der Waals surface area contributed by atoms with Crippen LogP contribution in [0, 0.1) is 0 Å².